The first kappa shape index (κ1) is 15.8. The molecule has 2 aromatic carbocycles. The van der Waals surface area contributed by atoms with Crippen LogP contribution in [0.25, 0.3) is 0 Å². The zero-order chi connectivity index (χ0) is 15.9. The zero-order valence-electron chi connectivity index (χ0n) is 12.8. The lowest BCUT2D eigenvalue weighted by Gasteiger charge is -2.08. The predicted molar refractivity (Wildman–Crippen MR) is 88.3 cm³/mol. The Labute approximate surface area is 130 Å². The summed E-state index contributed by atoms with van der Waals surface area (Å²) in [5.74, 6) is -0.0908. The van der Waals surface area contributed by atoms with E-state index in [9.17, 15) is 9.90 Å². The summed E-state index contributed by atoms with van der Waals surface area (Å²) in [7, 11) is 0. The standard InChI is InChI=1S/C18H20N2O2/c1-13(15-8-4-3-5-9-15)11-12-19-20-18(22)16-10-6-7-14(2)17(16)21/h3-10,12-13,21H,11H2,1-2H3,(H,20,22)/b19-12-/t13-/m1/s1. The van der Waals surface area contributed by atoms with Crippen LogP contribution in [0.5, 0.6) is 5.75 Å². The Bertz CT molecular complexity index is 666. The molecule has 0 saturated heterocycles. The fraction of sp³-hybridized carbons (Fsp3) is 0.222. The van der Waals surface area contributed by atoms with Crippen molar-refractivity contribution in [3.8, 4) is 5.75 Å². The van der Waals surface area contributed by atoms with E-state index in [4.69, 9.17) is 0 Å². The molecule has 114 valence electrons. The van der Waals surface area contributed by atoms with Crippen LogP contribution in [0.4, 0.5) is 0 Å². The number of para-hydroxylation sites is 1. The van der Waals surface area contributed by atoms with Gasteiger partial charge in [0, 0.05) is 6.21 Å². The quantitative estimate of drug-likeness (QED) is 0.654. The largest absolute Gasteiger partial charge is 0.507 e. The first-order valence-corrected chi connectivity index (χ1v) is 7.25. The lowest BCUT2D eigenvalue weighted by molar-refractivity contribution is 0.0952. The second kappa shape index (κ2) is 7.41. The number of aryl methyl sites for hydroxylation is 1. The maximum atomic E-state index is 11.9. The van der Waals surface area contributed by atoms with E-state index < -0.39 is 5.91 Å². The van der Waals surface area contributed by atoms with Crippen molar-refractivity contribution in [1.82, 2.24) is 5.43 Å². The van der Waals surface area contributed by atoms with Gasteiger partial charge in [-0.25, -0.2) is 5.43 Å². The third-order valence-electron chi connectivity index (χ3n) is 3.57. The van der Waals surface area contributed by atoms with Gasteiger partial charge in [-0.2, -0.15) is 5.10 Å². The summed E-state index contributed by atoms with van der Waals surface area (Å²) in [6, 6.07) is 15.2. The monoisotopic (exact) mass is 296 g/mol. The highest BCUT2D eigenvalue weighted by molar-refractivity contribution is 5.97. The molecule has 22 heavy (non-hydrogen) atoms. The average molecular weight is 296 g/mol. The van der Waals surface area contributed by atoms with Crippen molar-refractivity contribution in [2.24, 2.45) is 5.10 Å². The highest BCUT2D eigenvalue weighted by atomic mass is 16.3. The van der Waals surface area contributed by atoms with Gasteiger partial charge in [0.25, 0.3) is 5.91 Å². The molecule has 0 aliphatic rings. The van der Waals surface area contributed by atoms with Gasteiger partial charge in [0.2, 0.25) is 0 Å². The summed E-state index contributed by atoms with van der Waals surface area (Å²) in [4.78, 5) is 11.9. The highest BCUT2D eigenvalue weighted by Gasteiger charge is 2.11. The third kappa shape index (κ3) is 3.95. The van der Waals surface area contributed by atoms with Gasteiger partial charge in [-0.1, -0.05) is 49.4 Å². The molecule has 1 amide bonds. The molecule has 2 aromatic rings. The number of aromatic hydroxyl groups is 1. The topological polar surface area (TPSA) is 61.7 Å². The first-order valence-electron chi connectivity index (χ1n) is 7.25. The van der Waals surface area contributed by atoms with Crippen LogP contribution in [0, 0.1) is 6.92 Å². The highest BCUT2D eigenvalue weighted by Crippen LogP contribution is 2.21. The molecular weight excluding hydrogens is 276 g/mol. The van der Waals surface area contributed by atoms with E-state index in [1.54, 1.807) is 31.3 Å². The fourth-order valence-electron chi connectivity index (χ4n) is 2.14. The molecule has 4 nitrogen and oxygen atoms in total. The number of phenols is 1. The van der Waals surface area contributed by atoms with E-state index >= 15 is 0 Å². The molecule has 0 spiro atoms. The van der Waals surface area contributed by atoms with Crippen molar-refractivity contribution in [3.63, 3.8) is 0 Å². The molecule has 0 unspecified atom stereocenters. The van der Waals surface area contributed by atoms with Gasteiger partial charge in [0.05, 0.1) is 5.56 Å². The molecule has 0 aromatic heterocycles. The van der Waals surface area contributed by atoms with E-state index in [0.717, 1.165) is 6.42 Å². The van der Waals surface area contributed by atoms with E-state index in [1.165, 1.54) is 5.56 Å². The fourth-order valence-corrected chi connectivity index (χ4v) is 2.14. The molecule has 0 fully saturated rings. The Kier molecular flexibility index (Phi) is 5.31. The van der Waals surface area contributed by atoms with Crippen molar-refractivity contribution in [3.05, 3.63) is 65.2 Å². The third-order valence-corrected chi connectivity index (χ3v) is 3.57. The molecule has 0 radical (unpaired) electrons. The van der Waals surface area contributed by atoms with Crippen molar-refractivity contribution >= 4 is 12.1 Å². The van der Waals surface area contributed by atoms with E-state index in [1.807, 2.05) is 18.2 Å². The zero-order valence-corrected chi connectivity index (χ0v) is 12.8. The normalized spacial score (nSPS) is 12.3. The van der Waals surface area contributed by atoms with Crippen LogP contribution >= 0.6 is 0 Å². The van der Waals surface area contributed by atoms with Crippen LogP contribution in [-0.2, 0) is 0 Å². The van der Waals surface area contributed by atoms with Gasteiger partial charge in [0.15, 0.2) is 0 Å². The van der Waals surface area contributed by atoms with E-state index in [2.05, 4.69) is 29.6 Å². The Morgan fingerprint density at radius 2 is 1.95 bits per heavy atom. The lowest BCUT2D eigenvalue weighted by Crippen LogP contribution is -2.18. The van der Waals surface area contributed by atoms with Crippen molar-refractivity contribution in [2.45, 2.75) is 26.2 Å². The van der Waals surface area contributed by atoms with Crippen LogP contribution in [0.2, 0.25) is 0 Å². The Morgan fingerprint density at radius 3 is 2.68 bits per heavy atom. The predicted octanol–water partition coefficient (Wildman–Crippen LogP) is 3.61. The Balaban J connectivity index is 1.90. The minimum atomic E-state index is -0.412. The molecule has 2 N–H and O–H groups in total. The molecular formula is C18H20N2O2. The summed E-state index contributed by atoms with van der Waals surface area (Å²) in [5.41, 5.74) is 4.57. The number of hydrogen-bond acceptors (Lipinski definition) is 3. The molecule has 0 saturated carbocycles. The van der Waals surface area contributed by atoms with Crippen molar-refractivity contribution in [2.75, 3.05) is 0 Å². The Morgan fingerprint density at radius 1 is 1.23 bits per heavy atom. The van der Waals surface area contributed by atoms with E-state index in [-0.39, 0.29) is 11.3 Å². The second-order valence-electron chi connectivity index (χ2n) is 5.27. The molecule has 0 aliphatic heterocycles. The second-order valence-corrected chi connectivity index (χ2v) is 5.27. The average Bonchev–Trinajstić information content (AvgIpc) is 2.54. The summed E-state index contributed by atoms with van der Waals surface area (Å²) in [6.45, 7) is 3.85. The van der Waals surface area contributed by atoms with Crippen LogP contribution < -0.4 is 5.43 Å². The first-order chi connectivity index (χ1) is 10.6. The number of phenolic OH excluding ortho intramolecular Hbond substituents is 1. The maximum Gasteiger partial charge on any atom is 0.275 e. The summed E-state index contributed by atoms with van der Waals surface area (Å²) >= 11 is 0. The Hall–Kier alpha value is -2.62. The van der Waals surface area contributed by atoms with Gasteiger partial charge >= 0.3 is 0 Å². The summed E-state index contributed by atoms with van der Waals surface area (Å²) < 4.78 is 0. The van der Waals surface area contributed by atoms with Crippen molar-refractivity contribution in [1.29, 1.82) is 0 Å². The van der Waals surface area contributed by atoms with E-state index in [0.29, 0.717) is 11.5 Å². The number of nitrogens with one attached hydrogen (secondary N) is 1. The summed E-state index contributed by atoms with van der Waals surface area (Å²) in [5, 5.41) is 13.8. The number of nitrogens with zero attached hydrogens (tertiary/aromatic N) is 1. The SMILES string of the molecule is Cc1cccc(C(=O)N/N=C\C[C@@H](C)c2ccccc2)c1O. The maximum absolute atomic E-state index is 11.9. The number of hydrazone groups is 1. The minimum Gasteiger partial charge on any atom is -0.507 e. The smallest absolute Gasteiger partial charge is 0.275 e. The van der Waals surface area contributed by atoms with Crippen LogP contribution in [0.1, 0.15) is 40.7 Å². The van der Waals surface area contributed by atoms with Crippen LogP contribution in [0.15, 0.2) is 53.6 Å². The van der Waals surface area contributed by atoms with Gasteiger partial charge in [-0.15, -0.1) is 0 Å². The van der Waals surface area contributed by atoms with Gasteiger partial charge in [-0.3, -0.25) is 4.79 Å². The number of amides is 1. The van der Waals surface area contributed by atoms with Crippen LogP contribution in [-0.4, -0.2) is 17.2 Å². The van der Waals surface area contributed by atoms with Crippen molar-refractivity contribution < 1.29 is 9.90 Å². The van der Waals surface area contributed by atoms with Gasteiger partial charge < -0.3 is 5.11 Å². The van der Waals surface area contributed by atoms with Crippen LogP contribution in [0.3, 0.4) is 0 Å². The number of benzene rings is 2. The number of rotatable bonds is 5. The van der Waals surface area contributed by atoms with Gasteiger partial charge in [-0.05, 0) is 36.5 Å². The summed E-state index contributed by atoms with van der Waals surface area (Å²) in [6.07, 6.45) is 2.41. The molecule has 0 heterocycles. The number of carbonyl (C=O) groups is 1. The van der Waals surface area contributed by atoms with Gasteiger partial charge in [0.1, 0.15) is 5.75 Å². The minimum absolute atomic E-state index is 0.00662. The number of hydrogen-bond donors (Lipinski definition) is 2. The molecule has 2 rings (SSSR count). The number of carbonyl (C=O) groups excluding carboxylic acids is 1. The lowest BCUT2D eigenvalue weighted by atomic mass is 9.99. The molecule has 0 bridgehead atoms. The molecule has 4 heteroatoms. The molecule has 0 aliphatic carbocycles. The molecule has 1 atom stereocenters.